The van der Waals surface area contributed by atoms with E-state index in [-0.39, 0.29) is 16.2 Å². The van der Waals surface area contributed by atoms with Crippen molar-refractivity contribution in [1.82, 2.24) is 9.55 Å². The van der Waals surface area contributed by atoms with Crippen LogP contribution in [0.2, 0.25) is 0 Å². The number of imidazole rings is 1. The lowest BCUT2D eigenvalue weighted by Gasteiger charge is -2.34. The van der Waals surface area contributed by atoms with E-state index in [1.165, 1.54) is 33.6 Å². The number of aromatic nitrogens is 2. The summed E-state index contributed by atoms with van der Waals surface area (Å²) in [5.41, 5.74) is 8.63. The maximum atomic E-state index is 5.02. The predicted octanol–water partition coefficient (Wildman–Crippen LogP) is 9.10. The van der Waals surface area contributed by atoms with Gasteiger partial charge in [-0.2, -0.15) is 0 Å². The lowest BCUT2D eigenvalue weighted by Crippen LogP contribution is -2.26. The Kier molecular flexibility index (Phi) is 6.30. The van der Waals surface area contributed by atoms with Crippen molar-refractivity contribution in [3.05, 3.63) is 95.8 Å². The molecule has 4 rings (SSSR count). The highest BCUT2D eigenvalue weighted by Gasteiger charge is 2.32. The van der Waals surface area contributed by atoms with Crippen molar-refractivity contribution in [2.24, 2.45) is 0 Å². The molecule has 0 atom stereocenters. The summed E-state index contributed by atoms with van der Waals surface area (Å²) >= 11 is 0. The lowest BCUT2D eigenvalue weighted by molar-refractivity contribution is 0.536. The van der Waals surface area contributed by atoms with Crippen LogP contribution in [0.4, 0.5) is 0 Å². The molecular formula is C33H40N2. The first kappa shape index (κ1) is 25.0. The Morgan fingerprint density at radius 2 is 1.00 bits per heavy atom. The number of hydrogen-bond acceptors (Lipinski definition) is 1. The van der Waals surface area contributed by atoms with E-state index < -0.39 is 0 Å². The minimum atomic E-state index is -0.0670. The number of hydrogen-bond donors (Lipinski definition) is 0. The standard InChI is InChI=1S/C33H40N2/c1-31(2,3)26-20-25(23-16-12-10-13-17-23)21-27(32(4,5)6)29(26)35-28(33(7,8)9)22-34-30(35)24-18-14-11-15-19-24/h10-22H,1-9H3. The molecule has 0 bridgehead atoms. The van der Waals surface area contributed by atoms with Gasteiger partial charge in [0, 0.05) is 22.9 Å². The molecule has 2 nitrogen and oxygen atoms in total. The van der Waals surface area contributed by atoms with E-state index in [1.54, 1.807) is 0 Å². The first-order chi connectivity index (χ1) is 16.3. The molecule has 1 heterocycles. The van der Waals surface area contributed by atoms with Gasteiger partial charge in [-0.15, -0.1) is 0 Å². The second-order valence-corrected chi connectivity index (χ2v) is 12.7. The Balaban J connectivity index is 2.18. The predicted molar refractivity (Wildman–Crippen MR) is 151 cm³/mol. The highest BCUT2D eigenvalue weighted by molar-refractivity contribution is 5.73. The third kappa shape index (κ3) is 4.98. The van der Waals surface area contributed by atoms with Crippen LogP contribution in [0.3, 0.4) is 0 Å². The van der Waals surface area contributed by atoms with Gasteiger partial charge >= 0.3 is 0 Å². The molecule has 0 fully saturated rings. The van der Waals surface area contributed by atoms with Crippen LogP contribution in [0, 0.1) is 0 Å². The smallest absolute Gasteiger partial charge is 0.144 e. The van der Waals surface area contributed by atoms with Crippen molar-refractivity contribution in [3.63, 3.8) is 0 Å². The molecular weight excluding hydrogens is 424 g/mol. The zero-order valence-electron chi connectivity index (χ0n) is 22.9. The third-order valence-corrected chi connectivity index (χ3v) is 6.62. The molecule has 0 spiro atoms. The van der Waals surface area contributed by atoms with E-state index in [1.807, 2.05) is 0 Å². The molecule has 0 N–H and O–H groups in total. The van der Waals surface area contributed by atoms with Gasteiger partial charge in [-0.05, 0) is 45.2 Å². The molecule has 35 heavy (non-hydrogen) atoms. The zero-order chi connectivity index (χ0) is 25.6. The van der Waals surface area contributed by atoms with Crippen LogP contribution in [0.25, 0.3) is 28.2 Å². The van der Waals surface area contributed by atoms with Gasteiger partial charge in [0.1, 0.15) is 5.82 Å². The summed E-state index contributed by atoms with van der Waals surface area (Å²) in [6.45, 7) is 20.8. The molecule has 182 valence electrons. The summed E-state index contributed by atoms with van der Waals surface area (Å²) in [7, 11) is 0. The van der Waals surface area contributed by atoms with E-state index in [2.05, 4.69) is 146 Å². The fourth-order valence-corrected chi connectivity index (χ4v) is 4.71. The van der Waals surface area contributed by atoms with E-state index in [4.69, 9.17) is 4.98 Å². The van der Waals surface area contributed by atoms with Gasteiger partial charge in [0.2, 0.25) is 0 Å². The van der Waals surface area contributed by atoms with E-state index >= 15 is 0 Å². The molecule has 0 saturated heterocycles. The van der Waals surface area contributed by atoms with E-state index in [9.17, 15) is 0 Å². The topological polar surface area (TPSA) is 17.8 Å². The number of nitrogens with zero attached hydrogens (tertiary/aromatic N) is 2. The summed E-state index contributed by atoms with van der Waals surface area (Å²) in [5, 5.41) is 0. The summed E-state index contributed by atoms with van der Waals surface area (Å²) in [4.78, 5) is 5.02. The summed E-state index contributed by atoms with van der Waals surface area (Å²) < 4.78 is 2.45. The SMILES string of the molecule is CC(C)(C)c1cc(-c2ccccc2)cc(C(C)(C)C)c1-n1c(C(C)(C)C)cnc1-c1ccccc1. The molecule has 0 amide bonds. The molecule has 1 aromatic heterocycles. The number of benzene rings is 3. The van der Waals surface area contributed by atoms with Crippen LogP contribution in [0.5, 0.6) is 0 Å². The first-order valence-corrected chi connectivity index (χ1v) is 12.7. The monoisotopic (exact) mass is 464 g/mol. The van der Waals surface area contributed by atoms with Crippen LogP contribution in [-0.4, -0.2) is 9.55 Å². The molecule has 0 aliphatic rings. The van der Waals surface area contributed by atoms with Gasteiger partial charge in [0.15, 0.2) is 0 Å². The highest BCUT2D eigenvalue weighted by Crippen LogP contribution is 2.43. The number of rotatable bonds is 3. The lowest BCUT2D eigenvalue weighted by atomic mass is 9.76. The van der Waals surface area contributed by atoms with Crippen molar-refractivity contribution in [3.8, 4) is 28.2 Å². The van der Waals surface area contributed by atoms with Gasteiger partial charge in [-0.3, -0.25) is 4.57 Å². The quantitative estimate of drug-likeness (QED) is 0.295. The maximum Gasteiger partial charge on any atom is 0.144 e. The van der Waals surface area contributed by atoms with Crippen LogP contribution < -0.4 is 0 Å². The van der Waals surface area contributed by atoms with Crippen molar-refractivity contribution in [1.29, 1.82) is 0 Å². The average Bonchev–Trinajstić information content (AvgIpc) is 3.24. The van der Waals surface area contributed by atoms with Crippen LogP contribution in [0.1, 0.15) is 79.1 Å². The second kappa shape index (κ2) is 8.82. The molecule has 0 saturated carbocycles. The van der Waals surface area contributed by atoms with E-state index in [0.717, 1.165) is 11.4 Å². The van der Waals surface area contributed by atoms with Crippen molar-refractivity contribution >= 4 is 0 Å². The maximum absolute atomic E-state index is 5.02. The van der Waals surface area contributed by atoms with Crippen LogP contribution in [0.15, 0.2) is 79.0 Å². The normalized spacial score (nSPS) is 12.7. The molecule has 2 heteroatoms. The van der Waals surface area contributed by atoms with Gasteiger partial charge in [0.25, 0.3) is 0 Å². The molecule has 0 unspecified atom stereocenters. The first-order valence-electron chi connectivity index (χ1n) is 12.7. The Morgan fingerprint density at radius 1 is 0.543 bits per heavy atom. The Hall–Kier alpha value is -3.13. The highest BCUT2D eigenvalue weighted by atomic mass is 15.1. The molecule has 0 aliphatic carbocycles. The van der Waals surface area contributed by atoms with Gasteiger partial charge in [-0.25, -0.2) is 4.98 Å². The van der Waals surface area contributed by atoms with Gasteiger partial charge in [-0.1, -0.05) is 123 Å². The molecule has 4 aromatic rings. The largest absolute Gasteiger partial charge is 0.296 e. The van der Waals surface area contributed by atoms with Gasteiger partial charge < -0.3 is 0 Å². The summed E-state index contributed by atoms with van der Waals surface area (Å²) in [6.07, 6.45) is 2.08. The van der Waals surface area contributed by atoms with E-state index in [0.29, 0.717) is 0 Å². The second-order valence-electron chi connectivity index (χ2n) is 12.7. The third-order valence-electron chi connectivity index (χ3n) is 6.62. The van der Waals surface area contributed by atoms with Crippen molar-refractivity contribution in [2.45, 2.75) is 78.6 Å². The van der Waals surface area contributed by atoms with Crippen molar-refractivity contribution in [2.75, 3.05) is 0 Å². The van der Waals surface area contributed by atoms with Gasteiger partial charge in [0.05, 0.1) is 5.69 Å². The Morgan fingerprint density at radius 3 is 1.43 bits per heavy atom. The average molecular weight is 465 g/mol. The molecule has 3 aromatic carbocycles. The Bertz CT molecular complexity index is 1270. The zero-order valence-corrected chi connectivity index (χ0v) is 22.9. The minimum Gasteiger partial charge on any atom is -0.296 e. The summed E-state index contributed by atoms with van der Waals surface area (Å²) in [5.74, 6) is 0.999. The van der Waals surface area contributed by atoms with Crippen molar-refractivity contribution < 1.29 is 0 Å². The fraction of sp³-hybridized carbons (Fsp3) is 0.364. The summed E-state index contributed by atoms with van der Waals surface area (Å²) in [6, 6.07) is 26.1. The molecule has 0 aliphatic heterocycles. The minimum absolute atomic E-state index is 0.0620. The van der Waals surface area contributed by atoms with Crippen LogP contribution >= 0.6 is 0 Å². The van der Waals surface area contributed by atoms with Crippen LogP contribution in [-0.2, 0) is 16.2 Å². The fourth-order valence-electron chi connectivity index (χ4n) is 4.71. The molecule has 0 radical (unpaired) electrons. The Labute approximate surface area is 212 Å².